The van der Waals surface area contributed by atoms with Crippen molar-refractivity contribution in [2.75, 3.05) is 0 Å². The summed E-state index contributed by atoms with van der Waals surface area (Å²) in [5, 5.41) is 0. The van der Waals surface area contributed by atoms with Gasteiger partial charge in [0.15, 0.2) is 0 Å². The molecule has 1 aliphatic carbocycles. The standard InChI is InChI=1S/C7H15N3/c1-6(10-8)9-7-4-2-3-5-7/h7H,2-5,8H2,1H3,(H,9,10). The largest absolute Gasteiger partial charge is 0.313 e. The van der Waals surface area contributed by atoms with E-state index >= 15 is 0 Å². The molecule has 0 aromatic heterocycles. The number of nitrogens with two attached hydrogens (primary N) is 1. The molecular formula is C7H15N3. The first kappa shape index (κ1) is 7.54. The molecule has 0 atom stereocenters. The van der Waals surface area contributed by atoms with Gasteiger partial charge in [-0.25, -0.2) is 5.84 Å². The smallest absolute Gasteiger partial charge is 0.107 e. The lowest BCUT2D eigenvalue weighted by Crippen LogP contribution is -2.28. The number of amidine groups is 1. The van der Waals surface area contributed by atoms with Crippen molar-refractivity contribution in [2.45, 2.75) is 38.6 Å². The number of hydrazine groups is 1. The van der Waals surface area contributed by atoms with Crippen molar-refractivity contribution in [3.63, 3.8) is 0 Å². The molecule has 0 aliphatic heterocycles. The molecule has 1 saturated carbocycles. The van der Waals surface area contributed by atoms with E-state index in [0.29, 0.717) is 6.04 Å². The zero-order valence-corrected chi connectivity index (χ0v) is 6.43. The highest BCUT2D eigenvalue weighted by Gasteiger charge is 2.12. The van der Waals surface area contributed by atoms with Crippen molar-refractivity contribution < 1.29 is 0 Å². The van der Waals surface area contributed by atoms with E-state index in [-0.39, 0.29) is 0 Å². The van der Waals surface area contributed by atoms with Gasteiger partial charge in [0.25, 0.3) is 0 Å². The highest BCUT2D eigenvalue weighted by atomic mass is 15.2. The maximum absolute atomic E-state index is 5.17. The maximum Gasteiger partial charge on any atom is 0.107 e. The Labute approximate surface area is 61.7 Å². The fourth-order valence-electron chi connectivity index (χ4n) is 1.34. The van der Waals surface area contributed by atoms with E-state index in [1.807, 2.05) is 6.92 Å². The third kappa shape index (κ3) is 1.99. The van der Waals surface area contributed by atoms with Gasteiger partial charge in [-0.3, -0.25) is 4.99 Å². The van der Waals surface area contributed by atoms with Gasteiger partial charge in [-0.05, 0) is 19.8 Å². The molecule has 3 nitrogen and oxygen atoms in total. The highest BCUT2D eigenvalue weighted by molar-refractivity contribution is 5.78. The van der Waals surface area contributed by atoms with E-state index in [1.165, 1.54) is 25.7 Å². The molecule has 0 aromatic carbocycles. The normalized spacial score (nSPS) is 21.6. The van der Waals surface area contributed by atoms with Crippen LogP contribution in [-0.2, 0) is 0 Å². The SMILES string of the molecule is CC(=NC1CCCC1)NN. The fourth-order valence-corrected chi connectivity index (χ4v) is 1.34. The lowest BCUT2D eigenvalue weighted by atomic mass is 10.3. The summed E-state index contributed by atoms with van der Waals surface area (Å²) in [6.07, 6.45) is 5.12. The number of hydrogen-bond donors (Lipinski definition) is 2. The summed E-state index contributed by atoms with van der Waals surface area (Å²) in [7, 11) is 0. The molecule has 0 amide bonds. The van der Waals surface area contributed by atoms with E-state index in [1.54, 1.807) is 0 Å². The van der Waals surface area contributed by atoms with Gasteiger partial charge in [0.2, 0.25) is 0 Å². The Morgan fingerprint density at radius 3 is 2.60 bits per heavy atom. The highest BCUT2D eigenvalue weighted by Crippen LogP contribution is 2.20. The van der Waals surface area contributed by atoms with Crippen LogP contribution in [0.15, 0.2) is 4.99 Å². The van der Waals surface area contributed by atoms with Crippen molar-refractivity contribution in [2.24, 2.45) is 10.8 Å². The van der Waals surface area contributed by atoms with Crippen LogP contribution in [0.2, 0.25) is 0 Å². The first-order valence-electron chi connectivity index (χ1n) is 3.84. The molecule has 1 fully saturated rings. The number of rotatable bonds is 1. The molecule has 3 N–H and O–H groups in total. The molecule has 10 heavy (non-hydrogen) atoms. The van der Waals surface area contributed by atoms with Gasteiger partial charge in [-0.2, -0.15) is 0 Å². The van der Waals surface area contributed by atoms with Crippen LogP contribution in [0, 0.1) is 0 Å². The molecule has 1 rings (SSSR count). The van der Waals surface area contributed by atoms with Crippen molar-refractivity contribution in [1.82, 2.24) is 5.43 Å². The van der Waals surface area contributed by atoms with Crippen molar-refractivity contribution >= 4 is 5.84 Å². The Morgan fingerprint density at radius 1 is 1.50 bits per heavy atom. The van der Waals surface area contributed by atoms with Gasteiger partial charge >= 0.3 is 0 Å². The summed E-state index contributed by atoms with van der Waals surface area (Å²) in [6, 6.07) is 0.538. The fraction of sp³-hybridized carbons (Fsp3) is 0.857. The molecule has 0 heterocycles. The number of nitrogens with one attached hydrogen (secondary N) is 1. The molecule has 58 valence electrons. The molecule has 0 saturated heterocycles. The molecule has 0 unspecified atom stereocenters. The second-order valence-corrected chi connectivity index (χ2v) is 2.80. The molecule has 0 bridgehead atoms. The Balaban J connectivity index is 2.34. The molecule has 0 spiro atoms. The average molecular weight is 141 g/mol. The molecule has 0 aromatic rings. The van der Waals surface area contributed by atoms with Gasteiger partial charge in [0.1, 0.15) is 5.84 Å². The maximum atomic E-state index is 5.17. The van der Waals surface area contributed by atoms with E-state index in [9.17, 15) is 0 Å². The van der Waals surface area contributed by atoms with Crippen molar-refractivity contribution in [1.29, 1.82) is 0 Å². The summed E-state index contributed by atoms with van der Waals surface area (Å²) >= 11 is 0. The topological polar surface area (TPSA) is 50.4 Å². The summed E-state index contributed by atoms with van der Waals surface area (Å²) < 4.78 is 0. The van der Waals surface area contributed by atoms with Crippen LogP contribution in [0.1, 0.15) is 32.6 Å². The third-order valence-electron chi connectivity index (χ3n) is 1.91. The summed E-state index contributed by atoms with van der Waals surface area (Å²) in [5.74, 6) is 6.02. The van der Waals surface area contributed by atoms with E-state index in [0.717, 1.165) is 5.84 Å². The molecule has 3 heteroatoms. The molecule has 0 radical (unpaired) electrons. The first-order chi connectivity index (χ1) is 4.83. The quantitative estimate of drug-likeness (QED) is 0.246. The molecule has 1 aliphatic rings. The number of hydrogen-bond acceptors (Lipinski definition) is 2. The van der Waals surface area contributed by atoms with Gasteiger partial charge in [-0.15, -0.1) is 0 Å². The zero-order chi connectivity index (χ0) is 7.40. The zero-order valence-electron chi connectivity index (χ0n) is 6.43. The summed E-state index contributed by atoms with van der Waals surface area (Å²) in [5.41, 5.74) is 2.54. The van der Waals surface area contributed by atoms with Gasteiger partial charge in [-0.1, -0.05) is 12.8 Å². The number of aliphatic imine (C=N–C) groups is 1. The van der Waals surface area contributed by atoms with Crippen LogP contribution in [-0.4, -0.2) is 11.9 Å². The Morgan fingerprint density at radius 2 is 2.10 bits per heavy atom. The number of nitrogens with zero attached hydrogens (tertiary/aromatic N) is 1. The second kappa shape index (κ2) is 3.56. The van der Waals surface area contributed by atoms with Crippen LogP contribution in [0.5, 0.6) is 0 Å². The van der Waals surface area contributed by atoms with Crippen LogP contribution in [0.4, 0.5) is 0 Å². The van der Waals surface area contributed by atoms with Crippen molar-refractivity contribution in [3.8, 4) is 0 Å². The van der Waals surface area contributed by atoms with Crippen LogP contribution < -0.4 is 11.3 Å². The summed E-state index contributed by atoms with van der Waals surface area (Å²) in [4.78, 5) is 4.38. The summed E-state index contributed by atoms with van der Waals surface area (Å²) in [6.45, 7) is 1.90. The minimum Gasteiger partial charge on any atom is -0.313 e. The van der Waals surface area contributed by atoms with Crippen LogP contribution in [0.3, 0.4) is 0 Å². The minimum atomic E-state index is 0.538. The Bertz CT molecular complexity index is 125. The lowest BCUT2D eigenvalue weighted by Gasteiger charge is -2.03. The molecular weight excluding hydrogens is 126 g/mol. The predicted molar refractivity (Wildman–Crippen MR) is 42.7 cm³/mol. The van der Waals surface area contributed by atoms with Gasteiger partial charge in [0.05, 0.1) is 6.04 Å². The lowest BCUT2D eigenvalue weighted by molar-refractivity contribution is 0.699. The average Bonchev–Trinajstić information content (AvgIpc) is 2.40. The first-order valence-corrected chi connectivity index (χ1v) is 3.84. The van der Waals surface area contributed by atoms with Crippen LogP contribution in [0.25, 0.3) is 0 Å². The second-order valence-electron chi connectivity index (χ2n) is 2.80. The van der Waals surface area contributed by atoms with E-state index in [4.69, 9.17) is 5.84 Å². The van der Waals surface area contributed by atoms with Crippen LogP contribution >= 0.6 is 0 Å². The minimum absolute atomic E-state index is 0.538. The Hall–Kier alpha value is -0.570. The van der Waals surface area contributed by atoms with E-state index in [2.05, 4.69) is 10.4 Å². The van der Waals surface area contributed by atoms with Gasteiger partial charge < -0.3 is 5.43 Å². The predicted octanol–water partition coefficient (Wildman–Crippen LogP) is 0.811. The monoisotopic (exact) mass is 141 g/mol. The van der Waals surface area contributed by atoms with Crippen molar-refractivity contribution in [3.05, 3.63) is 0 Å². The third-order valence-corrected chi connectivity index (χ3v) is 1.91. The Kier molecular flexibility index (Phi) is 2.68. The van der Waals surface area contributed by atoms with E-state index < -0.39 is 0 Å². The van der Waals surface area contributed by atoms with Gasteiger partial charge in [0, 0.05) is 0 Å².